The summed E-state index contributed by atoms with van der Waals surface area (Å²) in [4.78, 5) is 0. The standard InChI is InChI=1S/C22H30OSi/c1-18-15-19(16-18)17-23-24(22(2,3)4,20-11-7-5-8-12-20)21-13-9-6-10-14-21/h5-14,18-19H,15-17H2,1-4H3. The van der Waals surface area contributed by atoms with Crippen LogP contribution in [0, 0.1) is 11.8 Å². The minimum atomic E-state index is -2.32. The lowest BCUT2D eigenvalue weighted by molar-refractivity contribution is 0.125. The lowest BCUT2D eigenvalue weighted by Crippen LogP contribution is -2.67. The van der Waals surface area contributed by atoms with Gasteiger partial charge in [-0.05, 0) is 40.1 Å². The zero-order chi connectivity index (χ0) is 17.2. The normalized spacial score (nSPS) is 21.3. The summed E-state index contributed by atoms with van der Waals surface area (Å²) in [6, 6.07) is 21.9. The first-order valence-electron chi connectivity index (χ1n) is 9.18. The van der Waals surface area contributed by atoms with Crippen molar-refractivity contribution in [2.45, 2.75) is 45.6 Å². The molecule has 1 aliphatic carbocycles. The van der Waals surface area contributed by atoms with Gasteiger partial charge in [-0.25, -0.2) is 0 Å². The largest absolute Gasteiger partial charge is 0.407 e. The van der Waals surface area contributed by atoms with E-state index in [1.165, 1.54) is 23.2 Å². The fraction of sp³-hybridized carbons (Fsp3) is 0.455. The third kappa shape index (κ3) is 3.22. The Balaban J connectivity index is 2.03. The zero-order valence-corrected chi connectivity index (χ0v) is 16.5. The summed E-state index contributed by atoms with van der Waals surface area (Å²) >= 11 is 0. The van der Waals surface area contributed by atoms with Crippen LogP contribution in [-0.4, -0.2) is 14.9 Å². The first-order chi connectivity index (χ1) is 11.4. The maximum atomic E-state index is 6.96. The topological polar surface area (TPSA) is 9.23 Å². The molecule has 0 bridgehead atoms. The van der Waals surface area contributed by atoms with E-state index in [4.69, 9.17) is 4.43 Å². The van der Waals surface area contributed by atoms with Crippen LogP contribution in [0.1, 0.15) is 40.5 Å². The third-order valence-corrected chi connectivity index (χ3v) is 10.4. The molecule has 1 fully saturated rings. The van der Waals surface area contributed by atoms with Crippen LogP contribution in [0.3, 0.4) is 0 Å². The van der Waals surface area contributed by atoms with Gasteiger partial charge in [0.25, 0.3) is 8.32 Å². The molecule has 3 rings (SSSR count). The van der Waals surface area contributed by atoms with Crippen molar-refractivity contribution in [3.8, 4) is 0 Å². The Hall–Kier alpha value is -1.38. The smallest absolute Gasteiger partial charge is 0.261 e. The van der Waals surface area contributed by atoms with Crippen LogP contribution < -0.4 is 10.4 Å². The molecule has 2 aromatic carbocycles. The van der Waals surface area contributed by atoms with Crippen molar-refractivity contribution in [2.75, 3.05) is 6.61 Å². The van der Waals surface area contributed by atoms with Gasteiger partial charge >= 0.3 is 0 Å². The molecule has 0 aromatic heterocycles. The highest BCUT2D eigenvalue weighted by molar-refractivity contribution is 6.99. The highest BCUT2D eigenvalue weighted by atomic mass is 28.4. The molecule has 0 N–H and O–H groups in total. The van der Waals surface area contributed by atoms with E-state index in [2.05, 4.69) is 88.4 Å². The van der Waals surface area contributed by atoms with Crippen molar-refractivity contribution >= 4 is 18.7 Å². The van der Waals surface area contributed by atoms with E-state index in [-0.39, 0.29) is 5.04 Å². The number of hydrogen-bond donors (Lipinski definition) is 0. The van der Waals surface area contributed by atoms with Crippen molar-refractivity contribution in [2.24, 2.45) is 11.8 Å². The van der Waals surface area contributed by atoms with Crippen molar-refractivity contribution in [1.82, 2.24) is 0 Å². The Kier molecular flexibility index (Phi) is 4.98. The van der Waals surface area contributed by atoms with Gasteiger partial charge in [0.2, 0.25) is 0 Å². The molecule has 0 aliphatic heterocycles. The summed E-state index contributed by atoms with van der Waals surface area (Å²) in [7, 11) is -2.32. The van der Waals surface area contributed by atoms with Crippen LogP contribution in [0.5, 0.6) is 0 Å². The first kappa shape index (κ1) is 17.4. The Morgan fingerprint density at radius 1 is 0.875 bits per heavy atom. The molecule has 24 heavy (non-hydrogen) atoms. The summed E-state index contributed by atoms with van der Waals surface area (Å²) in [5.74, 6) is 1.61. The van der Waals surface area contributed by atoms with Crippen molar-refractivity contribution in [3.63, 3.8) is 0 Å². The van der Waals surface area contributed by atoms with Gasteiger partial charge in [0.1, 0.15) is 0 Å². The molecule has 2 aromatic rings. The van der Waals surface area contributed by atoms with Gasteiger partial charge in [0.15, 0.2) is 0 Å². The average Bonchev–Trinajstić information content (AvgIpc) is 2.54. The molecule has 2 heteroatoms. The molecule has 0 spiro atoms. The fourth-order valence-electron chi connectivity index (χ4n) is 4.21. The van der Waals surface area contributed by atoms with Gasteiger partial charge < -0.3 is 4.43 Å². The van der Waals surface area contributed by atoms with Gasteiger partial charge in [0.05, 0.1) is 0 Å². The van der Waals surface area contributed by atoms with E-state index in [9.17, 15) is 0 Å². The van der Waals surface area contributed by atoms with E-state index >= 15 is 0 Å². The summed E-state index contributed by atoms with van der Waals surface area (Å²) < 4.78 is 6.96. The second-order valence-corrected chi connectivity index (χ2v) is 12.7. The minimum absolute atomic E-state index is 0.0884. The Morgan fingerprint density at radius 2 is 1.33 bits per heavy atom. The summed E-state index contributed by atoms with van der Waals surface area (Å²) in [5.41, 5.74) is 0. The van der Waals surface area contributed by atoms with Crippen molar-refractivity contribution in [3.05, 3.63) is 60.7 Å². The second kappa shape index (κ2) is 6.85. The van der Waals surface area contributed by atoms with Gasteiger partial charge in [-0.15, -0.1) is 0 Å². The fourth-order valence-corrected chi connectivity index (χ4v) is 8.85. The Morgan fingerprint density at radius 3 is 1.71 bits per heavy atom. The van der Waals surface area contributed by atoms with E-state index in [1.54, 1.807) is 0 Å². The summed E-state index contributed by atoms with van der Waals surface area (Å²) in [6.07, 6.45) is 2.64. The van der Waals surface area contributed by atoms with Gasteiger partial charge in [0, 0.05) is 6.61 Å². The van der Waals surface area contributed by atoms with Crippen molar-refractivity contribution in [1.29, 1.82) is 0 Å². The molecule has 0 saturated heterocycles. The van der Waals surface area contributed by atoms with Gasteiger partial charge in [-0.2, -0.15) is 0 Å². The third-order valence-electron chi connectivity index (χ3n) is 5.42. The number of hydrogen-bond acceptors (Lipinski definition) is 1. The minimum Gasteiger partial charge on any atom is -0.407 e. The maximum Gasteiger partial charge on any atom is 0.261 e. The van der Waals surface area contributed by atoms with Crippen LogP contribution in [0.2, 0.25) is 5.04 Å². The molecule has 0 amide bonds. The molecular weight excluding hydrogens is 308 g/mol. The Bertz CT molecular complexity index is 599. The molecule has 0 unspecified atom stereocenters. The predicted molar refractivity (Wildman–Crippen MR) is 105 cm³/mol. The van der Waals surface area contributed by atoms with Crippen LogP contribution in [0.25, 0.3) is 0 Å². The molecule has 0 heterocycles. The number of rotatable bonds is 5. The molecular formula is C22H30OSi. The van der Waals surface area contributed by atoms with Crippen LogP contribution >= 0.6 is 0 Å². The van der Waals surface area contributed by atoms with Gasteiger partial charge in [-0.3, -0.25) is 0 Å². The first-order valence-corrected chi connectivity index (χ1v) is 11.1. The molecule has 0 atom stereocenters. The average molecular weight is 339 g/mol. The quantitative estimate of drug-likeness (QED) is 0.724. The van der Waals surface area contributed by atoms with E-state index < -0.39 is 8.32 Å². The molecule has 1 saturated carbocycles. The monoisotopic (exact) mass is 338 g/mol. The predicted octanol–water partition coefficient (Wildman–Crippen LogP) is 4.61. The maximum absolute atomic E-state index is 6.96. The molecule has 0 radical (unpaired) electrons. The SMILES string of the molecule is CC1CC(CO[Si](c2ccccc2)(c2ccccc2)C(C)(C)C)C1. The lowest BCUT2D eigenvalue weighted by atomic mass is 9.77. The van der Waals surface area contributed by atoms with Crippen LogP contribution in [0.4, 0.5) is 0 Å². The van der Waals surface area contributed by atoms with Crippen LogP contribution in [-0.2, 0) is 4.43 Å². The Labute approximate surface area is 148 Å². The van der Waals surface area contributed by atoms with E-state index in [0.29, 0.717) is 0 Å². The second-order valence-electron chi connectivity index (χ2n) is 8.42. The summed E-state index contributed by atoms with van der Waals surface area (Å²) in [6.45, 7) is 10.3. The lowest BCUT2D eigenvalue weighted by Gasteiger charge is -2.45. The highest BCUT2D eigenvalue weighted by Gasteiger charge is 2.50. The van der Waals surface area contributed by atoms with Crippen molar-refractivity contribution < 1.29 is 4.43 Å². The van der Waals surface area contributed by atoms with Gasteiger partial charge in [-0.1, -0.05) is 88.4 Å². The molecule has 1 nitrogen and oxygen atoms in total. The highest BCUT2D eigenvalue weighted by Crippen LogP contribution is 2.39. The summed E-state index contributed by atoms with van der Waals surface area (Å²) in [5, 5.41) is 2.86. The molecule has 1 aliphatic rings. The van der Waals surface area contributed by atoms with E-state index in [1.807, 2.05) is 0 Å². The zero-order valence-electron chi connectivity index (χ0n) is 15.5. The van der Waals surface area contributed by atoms with E-state index in [0.717, 1.165) is 18.4 Å². The molecule has 128 valence electrons. The van der Waals surface area contributed by atoms with Crippen LogP contribution in [0.15, 0.2) is 60.7 Å². The number of benzene rings is 2.